The Bertz CT molecular complexity index is 397. The number of phenolic OH excluding ortho intramolecular Hbond substituents is 1. The molecular weight excluding hydrogens is 280 g/mol. The maximum absolute atomic E-state index is 10.2. The molecule has 23 heavy (non-hydrogen) atoms. The van der Waals surface area contributed by atoms with Gasteiger partial charge in [0.25, 0.3) is 0 Å². The minimum atomic E-state index is 0.516. The Hall–Kier alpha value is -0.980. The van der Waals surface area contributed by atoms with E-state index >= 15 is 0 Å². The number of hydrogen-bond donors (Lipinski definition) is 1. The zero-order valence-corrected chi connectivity index (χ0v) is 15.6. The van der Waals surface area contributed by atoms with Gasteiger partial charge in [-0.1, -0.05) is 90.2 Å². The quantitative estimate of drug-likeness (QED) is 0.360. The summed E-state index contributed by atoms with van der Waals surface area (Å²) in [5, 5.41) is 10.2. The fourth-order valence-electron chi connectivity index (χ4n) is 3.32. The van der Waals surface area contributed by atoms with E-state index in [1.54, 1.807) is 0 Å². The topological polar surface area (TPSA) is 20.2 Å². The molecule has 1 aromatic rings. The van der Waals surface area contributed by atoms with Gasteiger partial charge in [-0.25, -0.2) is 0 Å². The first kappa shape index (κ1) is 20.1. The maximum atomic E-state index is 10.2. The summed E-state index contributed by atoms with van der Waals surface area (Å²) in [6.45, 7) is 4.53. The van der Waals surface area contributed by atoms with Crippen molar-refractivity contribution in [3.63, 3.8) is 0 Å². The smallest absolute Gasteiger partial charge is 0.119 e. The van der Waals surface area contributed by atoms with Crippen LogP contribution in [0.2, 0.25) is 0 Å². The average Bonchev–Trinajstić information content (AvgIpc) is 2.55. The van der Waals surface area contributed by atoms with Crippen molar-refractivity contribution in [2.24, 2.45) is 0 Å². The van der Waals surface area contributed by atoms with E-state index in [-0.39, 0.29) is 0 Å². The van der Waals surface area contributed by atoms with E-state index in [0.29, 0.717) is 5.75 Å². The maximum Gasteiger partial charge on any atom is 0.119 e. The molecule has 1 nitrogen and oxygen atoms in total. The van der Waals surface area contributed by atoms with Crippen LogP contribution in [0.1, 0.15) is 102 Å². The molecule has 1 N–H and O–H groups in total. The fourth-order valence-corrected chi connectivity index (χ4v) is 3.32. The van der Waals surface area contributed by atoms with Crippen LogP contribution in [0.3, 0.4) is 0 Å². The van der Waals surface area contributed by atoms with Gasteiger partial charge in [-0.15, -0.1) is 0 Å². The van der Waals surface area contributed by atoms with Crippen molar-refractivity contribution in [2.75, 3.05) is 0 Å². The highest BCUT2D eigenvalue weighted by molar-refractivity contribution is 5.39. The van der Waals surface area contributed by atoms with Gasteiger partial charge >= 0.3 is 0 Å². The third-order valence-corrected chi connectivity index (χ3v) is 4.83. The van der Waals surface area contributed by atoms with Crippen LogP contribution in [-0.4, -0.2) is 5.11 Å². The number of unbranched alkanes of at least 4 members (excludes halogenated alkanes) is 10. The van der Waals surface area contributed by atoms with Gasteiger partial charge in [-0.05, 0) is 42.9 Å². The van der Waals surface area contributed by atoms with E-state index in [1.165, 1.54) is 88.2 Å². The van der Waals surface area contributed by atoms with Crippen LogP contribution in [0.25, 0.3) is 0 Å². The molecule has 0 radical (unpaired) electrons. The molecule has 132 valence electrons. The molecule has 0 aliphatic heterocycles. The van der Waals surface area contributed by atoms with E-state index < -0.39 is 0 Å². The van der Waals surface area contributed by atoms with Gasteiger partial charge in [0, 0.05) is 0 Å². The Kier molecular flexibility index (Phi) is 11.7. The lowest BCUT2D eigenvalue weighted by Crippen LogP contribution is -1.96. The van der Waals surface area contributed by atoms with Gasteiger partial charge in [-0.2, -0.15) is 0 Å². The van der Waals surface area contributed by atoms with Gasteiger partial charge in [-0.3, -0.25) is 0 Å². The highest BCUT2D eigenvalue weighted by atomic mass is 16.3. The molecule has 0 heterocycles. The van der Waals surface area contributed by atoms with Gasteiger partial charge in [0.2, 0.25) is 0 Å². The molecule has 1 rings (SSSR count). The molecule has 0 saturated carbocycles. The molecule has 1 aromatic carbocycles. The van der Waals surface area contributed by atoms with Crippen molar-refractivity contribution in [1.29, 1.82) is 0 Å². The number of aryl methyl sites for hydroxylation is 1. The lowest BCUT2D eigenvalue weighted by atomic mass is 9.95. The first-order valence-corrected chi connectivity index (χ1v) is 10.1. The molecule has 0 fully saturated rings. The minimum Gasteiger partial charge on any atom is -0.508 e. The van der Waals surface area contributed by atoms with Crippen molar-refractivity contribution in [1.82, 2.24) is 0 Å². The Morgan fingerprint density at radius 2 is 1.17 bits per heavy atom. The van der Waals surface area contributed by atoms with Crippen LogP contribution in [0.5, 0.6) is 5.75 Å². The summed E-state index contributed by atoms with van der Waals surface area (Å²) in [6.07, 6.45) is 18.1. The number of phenols is 1. The summed E-state index contributed by atoms with van der Waals surface area (Å²) in [5.74, 6) is 0.516. The highest BCUT2D eigenvalue weighted by Crippen LogP contribution is 2.25. The van der Waals surface area contributed by atoms with Crippen LogP contribution in [-0.2, 0) is 12.8 Å². The summed E-state index contributed by atoms with van der Waals surface area (Å²) in [6, 6.07) is 6.08. The second-order valence-corrected chi connectivity index (χ2v) is 6.95. The van der Waals surface area contributed by atoms with E-state index in [9.17, 15) is 5.11 Å². The van der Waals surface area contributed by atoms with Crippen molar-refractivity contribution >= 4 is 0 Å². The number of rotatable bonds is 14. The second kappa shape index (κ2) is 13.5. The summed E-state index contributed by atoms with van der Waals surface area (Å²) < 4.78 is 0. The van der Waals surface area contributed by atoms with Crippen LogP contribution in [0.15, 0.2) is 18.2 Å². The first-order chi connectivity index (χ1) is 11.3. The SMILES string of the molecule is CCCCCCCCCc1c(O)cccc1CCCCCCC. The van der Waals surface area contributed by atoms with Crippen molar-refractivity contribution in [3.05, 3.63) is 29.3 Å². The van der Waals surface area contributed by atoms with Gasteiger partial charge in [0.05, 0.1) is 0 Å². The minimum absolute atomic E-state index is 0.516. The van der Waals surface area contributed by atoms with Crippen molar-refractivity contribution in [2.45, 2.75) is 104 Å². The zero-order chi connectivity index (χ0) is 16.8. The first-order valence-electron chi connectivity index (χ1n) is 10.1. The predicted octanol–water partition coefficient (Wildman–Crippen LogP) is 7.20. The summed E-state index contributed by atoms with van der Waals surface area (Å²) >= 11 is 0. The number of benzene rings is 1. The molecule has 0 atom stereocenters. The molecular formula is C22H38O. The molecule has 0 amide bonds. The van der Waals surface area contributed by atoms with E-state index in [1.807, 2.05) is 12.1 Å². The number of hydrogen-bond acceptors (Lipinski definition) is 1. The monoisotopic (exact) mass is 318 g/mol. The molecule has 0 aliphatic rings. The number of aromatic hydroxyl groups is 1. The van der Waals surface area contributed by atoms with Gasteiger partial charge in [0.1, 0.15) is 5.75 Å². The molecule has 0 saturated heterocycles. The summed E-state index contributed by atoms with van der Waals surface area (Å²) in [5.41, 5.74) is 2.60. The van der Waals surface area contributed by atoms with Crippen molar-refractivity contribution < 1.29 is 5.11 Å². The Balaban J connectivity index is 2.32. The van der Waals surface area contributed by atoms with E-state index in [2.05, 4.69) is 19.9 Å². The lowest BCUT2D eigenvalue weighted by Gasteiger charge is -2.12. The fraction of sp³-hybridized carbons (Fsp3) is 0.727. The van der Waals surface area contributed by atoms with Gasteiger partial charge in [0.15, 0.2) is 0 Å². The Morgan fingerprint density at radius 1 is 0.652 bits per heavy atom. The van der Waals surface area contributed by atoms with Crippen molar-refractivity contribution in [3.8, 4) is 5.75 Å². The molecule has 0 spiro atoms. The summed E-state index contributed by atoms with van der Waals surface area (Å²) in [7, 11) is 0. The van der Waals surface area contributed by atoms with Gasteiger partial charge < -0.3 is 5.11 Å². The third kappa shape index (κ3) is 9.03. The molecule has 0 bridgehead atoms. The Morgan fingerprint density at radius 3 is 1.78 bits per heavy atom. The molecule has 0 unspecified atom stereocenters. The molecule has 1 heteroatoms. The second-order valence-electron chi connectivity index (χ2n) is 6.95. The average molecular weight is 319 g/mol. The standard InChI is InChI=1S/C22H38O/c1-3-5-7-9-10-12-14-18-21-20(17-15-19-22(21)23)16-13-11-8-6-4-2/h15,17,19,23H,3-14,16,18H2,1-2H3. The third-order valence-electron chi connectivity index (χ3n) is 4.83. The van der Waals surface area contributed by atoms with Crippen LogP contribution in [0, 0.1) is 0 Å². The Labute approximate surface area is 144 Å². The molecule has 0 aromatic heterocycles. The van der Waals surface area contributed by atoms with Crippen LogP contribution >= 0.6 is 0 Å². The lowest BCUT2D eigenvalue weighted by molar-refractivity contribution is 0.464. The zero-order valence-electron chi connectivity index (χ0n) is 15.6. The predicted molar refractivity (Wildman–Crippen MR) is 102 cm³/mol. The highest BCUT2D eigenvalue weighted by Gasteiger charge is 2.07. The normalized spacial score (nSPS) is 11.0. The van der Waals surface area contributed by atoms with E-state index in [0.717, 1.165) is 12.8 Å². The van der Waals surface area contributed by atoms with E-state index in [4.69, 9.17) is 0 Å². The summed E-state index contributed by atoms with van der Waals surface area (Å²) in [4.78, 5) is 0. The largest absolute Gasteiger partial charge is 0.508 e. The van der Waals surface area contributed by atoms with Crippen LogP contribution < -0.4 is 0 Å². The van der Waals surface area contributed by atoms with Crippen LogP contribution in [0.4, 0.5) is 0 Å². The molecule has 0 aliphatic carbocycles.